The molecule has 3 nitrogen and oxygen atoms in total. The van der Waals surface area contributed by atoms with Gasteiger partial charge in [-0.05, 0) is 50.3 Å². The van der Waals surface area contributed by atoms with Gasteiger partial charge in [0.05, 0.1) is 11.1 Å². The summed E-state index contributed by atoms with van der Waals surface area (Å²) in [6, 6.07) is 4.40. The van der Waals surface area contributed by atoms with Crippen molar-refractivity contribution in [3.8, 4) is 0 Å². The summed E-state index contributed by atoms with van der Waals surface area (Å²) < 4.78 is 0. The standard InChI is InChI=1S/C21H26ClN3S/c1-3-15(22)9-12-17(4-2)26-20-18-6-5-13-24-21(18)25-19(20)14-7-10-16(23)11-8-14/h4-7,9,12-13,15-16H,3,8,10-11,23H2,1-2H3,(H,24,25). The molecule has 0 saturated carbocycles. The second kappa shape index (κ2) is 8.94. The van der Waals surface area contributed by atoms with Crippen molar-refractivity contribution >= 4 is 40.0 Å². The second-order valence-electron chi connectivity index (χ2n) is 6.57. The number of nitrogens with two attached hydrogens (primary N) is 1. The molecule has 0 aromatic carbocycles. The smallest absolute Gasteiger partial charge is 0.138 e. The molecular formula is C21H26ClN3S. The summed E-state index contributed by atoms with van der Waals surface area (Å²) in [6.45, 7) is 4.15. The van der Waals surface area contributed by atoms with E-state index in [2.05, 4.69) is 54.2 Å². The topological polar surface area (TPSA) is 54.7 Å². The Hall–Kier alpha value is -1.49. The first-order chi connectivity index (χ1) is 12.6. The van der Waals surface area contributed by atoms with E-state index in [-0.39, 0.29) is 11.4 Å². The van der Waals surface area contributed by atoms with Crippen LogP contribution in [0, 0.1) is 0 Å². The van der Waals surface area contributed by atoms with Crippen molar-refractivity contribution < 1.29 is 0 Å². The van der Waals surface area contributed by atoms with Crippen LogP contribution in [0.4, 0.5) is 0 Å². The zero-order valence-corrected chi connectivity index (χ0v) is 16.9. The van der Waals surface area contributed by atoms with Gasteiger partial charge in [0.25, 0.3) is 0 Å². The van der Waals surface area contributed by atoms with Crippen LogP contribution in [-0.4, -0.2) is 21.4 Å². The molecule has 2 atom stereocenters. The molecule has 3 N–H and O–H groups in total. The number of allylic oxidation sites excluding steroid dienone is 4. The van der Waals surface area contributed by atoms with Gasteiger partial charge >= 0.3 is 0 Å². The van der Waals surface area contributed by atoms with Crippen LogP contribution in [0.1, 0.15) is 45.2 Å². The van der Waals surface area contributed by atoms with Gasteiger partial charge in [-0.2, -0.15) is 0 Å². The lowest BCUT2D eigenvalue weighted by atomic mass is 9.94. The van der Waals surface area contributed by atoms with Gasteiger partial charge in [-0.3, -0.25) is 0 Å². The fourth-order valence-electron chi connectivity index (χ4n) is 3.05. The lowest BCUT2D eigenvalue weighted by Gasteiger charge is -2.18. The van der Waals surface area contributed by atoms with Crippen molar-refractivity contribution in [2.75, 3.05) is 0 Å². The first-order valence-electron chi connectivity index (χ1n) is 9.20. The molecule has 0 bridgehead atoms. The Kier molecular flexibility index (Phi) is 6.63. The number of halogens is 1. The third-order valence-corrected chi connectivity index (χ3v) is 6.35. The van der Waals surface area contributed by atoms with Gasteiger partial charge in [-0.15, -0.1) is 11.6 Å². The van der Waals surface area contributed by atoms with E-state index in [1.165, 1.54) is 21.1 Å². The van der Waals surface area contributed by atoms with Crippen LogP contribution < -0.4 is 5.73 Å². The van der Waals surface area contributed by atoms with Gasteiger partial charge in [-0.1, -0.05) is 43.0 Å². The number of nitrogens with one attached hydrogen (secondary N) is 1. The van der Waals surface area contributed by atoms with Crippen molar-refractivity contribution in [2.45, 2.75) is 55.8 Å². The maximum atomic E-state index is 6.25. The molecule has 0 spiro atoms. The zero-order chi connectivity index (χ0) is 18.5. The molecule has 0 radical (unpaired) electrons. The monoisotopic (exact) mass is 387 g/mol. The van der Waals surface area contributed by atoms with E-state index in [4.69, 9.17) is 17.3 Å². The SMILES string of the molecule is CC=C(C=CC(Cl)CC)Sc1c(C2=CCC(N)CC2)[nH]c2ncccc12. The number of hydrogen-bond donors (Lipinski definition) is 2. The van der Waals surface area contributed by atoms with Gasteiger partial charge in [0, 0.05) is 27.4 Å². The number of pyridine rings is 1. The summed E-state index contributed by atoms with van der Waals surface area (Å²) in [5, 5.41) is 1.23. The molecular weight excluding hydrogens is 362 g/mol. The molecule has 2 aromatic rings. The molecule has 0 fully saturated rings. The van der Waals surface area contributed by atoms with Crippen LogP contribution in [0.3, 0.4) is 0 Å². The average Bonchev–Trinajstić information content (AvgIpc) is 3.03. The Morgan fingerprint density at radius 1 is 1.54 bits per heavy atom. The molecule has 0 amide bonds. The lowest BCUT2D eigenvalue weighted by molar-refractivity contribution is 0.613. The number of fused-ring (bicyclic) bond motifs is 1. The second-order valence-corrected chi connectivity index (χ2v) is 8.21. The fraction of sp³-hybridized carbons (Fsp3) is 0.381. The Labute approximate surface area is 164 Å². The number of hydrogen-bond acceptors (Lipinski definition) is 3. The molecule has 2 aromatic heterocycles. The van der Waals surface area contributed by atoms with Crippen LogP contribution in [0.25, 0.3) is 16.6 Å². The van der Waals surface area contributed by atoms with E-state index in [0.717, 1.165) is 36.7 Å². The Bertz CT molecular complexity index is 850. The van der Waals surface area contributed by atoms with Gasteiger partial charge in [0.1, 0.15) is 5.65 Å². The number of aromatic amines is 1. The zero-order valence-electron chi connectivity index (χ0n) is 15.3. The molecule has 138 valence electrons. The maximum Gasteiger partial charge on any atom is 0.138 e. The Morgan fingerprint density at radius 3 is 3.08 bits per heavy atom. The van der Waals surface area contributed by atoms with Crippen molar-refractivity contribution in [2.24, 2.45) is 5.73 Å². The first-order valence-corrected chi connectivity index (χ1v) is 10.5. The predicted molar refractivity (Wildman–Crippen MR) is 115 cm³/mol. The highest BCUT2D eigenvalue weighted by Crippen LogP contribution is 2.41. The highest BCUT2D eigenvalue weighted by molar-refractivity contribution is 8.03. The van der Waals surface area contributed by atoms with E-state index >= 15 is 0 Å². The lowest BCUT2D eigenvalue weighted by Crippen LogP contribution is -2.21. The van der Waals surface area contributed by atoms with E-state index in [9.17, 15) is 0 Å². The number of nitrogens with zero attached hydrogens (tertiary/aromatic N) is 1. The number of aromatic nitrogens is 2. The summed E-state index contributed by atoms with van der Waals surface area (Å²) in [5.74, 6) is 0. The van der Waals surface area contributed by atoms with Crippen molar-refractivity contribution in [1.29, 1.82) is 0 Å². The normalized spacial score (nSPS) is 19.9. The minimum Gasteiger partial charge on any atom is -0.339 e. The molecule has 0 saturated heterocycles. The summed E-state index contributed by atoms with van der Waals surface area (Å²) in [7, 11) is 0. The first kappa shape index (κ1) is 19.3. The van der Waals surface area contributed by atoms with Crippen LogP contribution >= 0.6 is 23.4 Å². The largest absolute Gasteiger partial charge is 0.339 e. The van der Waals surface area contributed by atoms with Gasteiger partial charge < -0.3 is 10.7 Å². The summed E-state index contributed by atoms with van der Waals surface area (Å²) >= 11 is 8.02. The Morgan fingerprint density at radius 2 is 2.38 bits per heavy atom. The number of H-pyrrole nitrogens is 1. The molecule has 2 heterocycles. The number of alkyl halides is 1. The van der Waals surface area contributed by atoms with Crippen molar-refractivity contribution in [3.05, 3.63) is 53.2 Å². The summed E-state index contributed by atoms with van der Waals surface area (Å²) in [5.41, 5.74) is 9.53. The molecule has 26 heavy (non-hydrogen) atoms. The third kappa shape index (κ3) is 4.43. The summed E-state index contributed by atoms with van der Waals surface area (Å²) in [4.78, 5) is 10.5. The fourth-order valence-corrected chi connectivity index (χ4v) is 4.19. The molecule has 2 unspecified atom stereocenters. The van der Waals surface area contributed by atoms with Crippen molar-refractivity contribution in [1.82, 2.24) is 9.97 Å². The number of thioether (sulfide) groups is 1. The van der Waals surface area contributed by atoms with Gasteiger partial charge in [0.15, 0.2) is 0 Å². The van der Waals surface area contributed by atoms with E-state index in [1.807, 2.05) is 12.3 Å². The molecule has 0 aliphatic heterocycles. The van der Waals surface area contributed by atoms with E-state index in [1.54, 1.807) is 11.8 Å². The highest BCUT2D eigenvalue weighted by Gasteiger charge is 2.20. The van der Waals surface area contributed by atoms with Gasteiger partial charge in [0.2, 0.25) is 0 Å². The molecule has 1 aliphatic rings. The van der Waals surface area contributed by atoms with Crippen LogP contribution in [0.5, 0.6) is 0 Å². The number of rotatable bonds is 6. The summed E-state index contributed by atoms with van der Waals surface area (Å²) in [6.07, 6.45) is 14.3. The van der Waals surface area contributed by atoms with Crippen molar-refractivity contribution in [3.63, 3.8) is 0 Å². The van der Waals surface area contributed by atoms with Crippen LogP contribution in [-0.2, 0) is 0 Å². The molecule has 1 aliphatic carbocycles. The minimum atomic E-state index is 0.0668. The highest BCUT2D eigenvalue weighted by atomic mass is 35.5. The predicted octanol–water partition coefficient (Wildman–Crippen LogP) is 6.03. The van der Waals surface area contributed by atoms with Crippen LogP contribution in [0.2, 0.25) is 0 Å². The quantitative estimate of drug-likeness (QED) is 0.361. The van der Waals surface area contributed by atoms with E-state index in [0.29, 0.717) is 0 Å². The average molecular weight is 388 g/mol. The van der Waals surface area contributed by atoms with Gasteiger partial charge in [-0.25, -0.2) is 4.98 Å². The Balaban J connectivity index is 1.98. The molecule has 5 heteroatoms. The maximum absolute atomic E-state index is 6.25. The minimum absolute atomic E-state index is 0.0668. The third-order valence-electron chi connectivity index (χ3n) is 4.66. The van der Waals surface area contributed by atoms with Crippen LogP contribution in [0.15, 0.2) is 52.4 Å². The molecule has 3 rings (SSSR count). The van der Waals surface area contributed by atoms with E-state index < -0.39 is 0 Å².